The molecule has 0 aromatic heterocycles. The largest absolute Gasteiger partial charge is 0.354 e. The van der Waals surface area contributed by atoms with Gasteiger partial charge in [0.15, 0.2) is 6.29 Å². The number of hydrogen-bond donors (Lipinski definition) is 1. The highest BCUT2D eigenvalue weighted by Crippen LogP contribution is 2.09. The van der Waals surface area contributed by atoms with Crippen LogP contribution in [-0.2, 0) is 9.47 Å². The van der Waals surface area contributed by atoms with Gasteiger partial charge in [0.05, 0.1) is 6.04 Å². The molecule has 0 aromatic carbocycles. The third kappa shape index (κ3) is 4.40. The Hall–Kier alpha value is -0.120. The monoisotopic (exact) mass is 203 g/mol. The van der Waals surface area contributed by atoms with E-state index in [0.29, 0.717) is 12.0 Å². The van der Waals surface area contributed by atoms with Crippen molar-refractivity contribution < 1.29 is 9.47 Å². The van der Waals surface area contributed by atoms with Crippen molar-refractivity contribution >= 4 is 0 Å². The zero-order valence-electron chi connectivity index (χ0n) is 10.3. The van der Waals surface area contributed by atoms with Crippen LogP contribution in [0.1, 0.15) is 34.1 Å². The van der Waals surface area contributed by atoms with E-state index in [1.807, 2.05) is 0 Å². The van der Waals surface area contributed by atoms with Crippen LogP contribution in [0.2, 0.25) is 0 Å². The fraction of sp³-hybridized carbons (Fsp3) is 1.00. The summed E-state index contributed by atoms with van der Waals surface area (Å²) >= 11 is 0. The van der Waals surface area contributed by atoms with E-state index in [9.17, 15) is 0 Å². The maximum atomic E-state index is 5.19. The number of rotatable bonds is 7. The molecule has 0 saturated carbocycles. The van der Waals surface area contributed by atoms with Gasteiger partial charge in [-0.25, -0.2) is 0 Å². The maximum absolute atomic E-state index is 5.19. The Morgan fingerprint density at radius 3 is 1.86 bits per heavy atom. The normalized spacial score (nSPS) is 18.2. The topological polar surface area (TPSA) is 30.5 Å². The van der Waals surface area contributed by atoms with E-state index < -0.39 is 0 Å². The molecule has 3 atom stereocenters. The molecular weight excluding hydrogens is 178 g/mol. The van der Waals surface area contributed by atoms with Crippen LogP contribution in [0.4, 0.5) is 0 Å². The Labute approximate surface area is 88.2 Å². The van der Waals surface area contributed by atoms with Crippen LogP contribution < -0.4 is 5.32 Å². The zero-order valence-corrected chi connectivity index (χ0v) is 10.3. The minimum Gasteiger partial charge on any atom is -0.354 e. The van der Waals surface area contributed by atoms with Crippen molar-refractivity contribution in [2.45, 2.75) is 52.5 Å². The Balaban J connectivity index is 3.96. The van der Waals surface area contributed by atoms with E-state index in [4.69, 9.17) is 9.47 Å². The van der Waals surface area contributed by atoms with Crippen LogP contribution in [0.25, 0.3) is 0 Å². The molecule has 3 nitrogen and oxygen atoms in total. The first kappa shape index (κ1) is 13.9. The van der Waals surface area contributed by atoms with Gasteiger partial charge >= 0.3 is 0 Å². The van der Waals surface area contributed by atoms with Gasteiger partial charge in [-0.2, -0.15) is 0 Å². The molecule has 3 heteroatoms. The summed E-state index contributed by atoms with van der Waals surface area (Å²) < 4.78 is 10.4. The van der Waals surface area contributed by atoms with E-state index in [2.05, 4.69) is 33.0 Å². The van der Waals surface area contributed by atoms with E-state index in [1.165, 1.54) is 6.42 Å². The van der Waals surface area contributed by atoms with Gasteiger partial charge in [-0.15, -0.1) is 0 Å². The Morgan fingerprint density at radius 1 is 1.00 bits per heavy atom. The summed E-state index contributed by atoms with van der Waals surface area (Å²) in [5, 5.41) is 3.48. The van der Waals surface area contributed by atoms with Crippen molar-refractivity contribution in [2.24, 2.45) is 5.92 Å². The predicted octanol–water partition coefficient (Wildman–Crippen LogP) is 2.02. The molecule has 0 aliphatic carbocycles. The molecule has 0 amide bonds. The van der Waals surface area contributed by atoms with Crippen LogP contribution in [0.5, 0.6) is 0 Å². The van der Waals surface area contributed by atoms with Crippen LogP contribution >= 0.6 is 0 Å². The molecule has 0 aliphatic rings. The van der Waals surface area contributed by atoms with Crippen LogP contribution in [0, 0.1) is 5.92 Å². The average Bonchev–Trinajstić information content (AvgIpc) is 2.18. The van der Waals surface area contributed by atoms with Crippen molar-refractivity contribution in [1.29, 1.82) is 0 Å². The predicted molar refractivity (Wildman–Crippen MR) is 59.3 cm³/mol. The van der Waals surface area contributed by atoms with Crippen molar-refractivity contribution in [2.75, 3.05) is 14.2 Å². The Kier molecular flexibility index (Phi) is 7.15. The van der Waals surface area contributed by atoms with Gasteiger partial charge in [-0.1, -0.05) is 20.3 Å². The lowest BCUT2D eigenvalue weighted by molar-refractivity contribution is -0.121. The van der Waals surface area contributed by atoms with E-state index in [1.54, 1.807) is 14.2 Å². The van der Waals surface area contributed by atoms with Gasteiger partial charge in [-0.3, -0.25) is 0 Å². The van der Waals surface area contributed by atoms with Gasteiger partial charge in [0.25, 0.3) is 0 Å². The minimum atomic E-state index is -0.165. The average molecular weight is 203 g/mol. The molecule has 0 aromatic rings. The van der Waals surface area contributed by atoms with Gasteiger partial charge in [0, 0.05) is 20.3 Å². The summed E-state index contributed by atoms with van der Waals surface area (Å²) in [5.41, 5.74) is 0. The molecular formula is C11H25NO2. The zero-order chi connectivity index (χ0) is 11.1. The van der Waals surface area contributed by atoms with Gasteiger partial charge < -0.3 is 14.8 Å². The van der Waals surface area contributed by atoms with Gasteiger partial charge in [-0.05, 0) is 19.8 Å². The Bertz CT molecular complexity index is 137. The molecule has 0 aliphatic heterocycles. The SMILES string of the molecule is CCC(C)C(C)NC(C)C(OC)OC. The first-order chi connectivity index (χ1) is 6.56. The fourth-order valence-corrected chi connectivity index (χ4v) is 1.52. The second-order valence-corrected chi connectivity index (χ2v) is 3.97. The van der Waals surface area contributed by atoms with E-state index in [0.717, 1.165) is 0 Å². The van der Waals surface area contributed by atoms with Crippen LogP contribution in [0.15, 0.2) is 0 Å². The molecule has 0 rings (SSSR count). The number of nitrogens with one attached hydrogen (secondary N) is 1. The standard InChI is InChI=1S/C11H25NO2/c1-7-8(2)9(3)12-10(4)11(13-5)14-6/h8-12H,7H2,1-6H3. The summed E-state index contributed by atoms with van der Waals surface area (Å²) in [4.78, 5) is 0. The molecule has 0 heterocycles. The fourth-order valence-electron chi connectivity index (χ4n) is 1.52. The third-order valence-electron chi connectivity index (χ3n) is 2.90. The van der Waals surface area contributed by atoms with Crippen LogP contribution in [-0.4, -0.2) is 32.6 Å². The molecule has 0 fully saturated rings. The quantitative estimate of drug-likeness (QED) is 0.642. The lowest BCUT2D eigenvalue weighted by Gasteiger charge is -2.28. The van der Waals surface area contributed by atoms with Gasteiger partial charge in [0.1, 0.15) is 0 Å². The first-order valence-electron chi connectivity index (χ1n) is 5.38. The lowest BCUT2D eigenvalue weighted by Crippen LogP contribution is -2.46. The minimum absolute atomic E-state index is 0.165. The number of ether oxygens (including phenoxy) is 2. The smallest absolute Gasteiger partial charge is 0.171 e. The second-order valence-electron chi connectivity index (χ2n) is 3.97. The molecule has 0 radical (unpaired) electrons. The third-order valence-corrected chi connectivity index (χ3v) is 2.90. The van der Waals surface area contributed by atoms with Gasteiger partial charge in [0.2, 0.25) is 0 Å². The van der Waals surface area contributed by atoms with Crippen molar-refractivity contribution in [1.82, 2.24) is 5.32 Å². The first-order valence-corrected chi connectivity index (χ1v) is 5.38. The van der Waals surface area contributed by atoms with Crippen molar-refractivity contribution in [3.8, 4) is 0 Å². The second kappa shape index (κ2) is 7.21. The molecule has 0 spiro atoms. The highest BCUT2D eigenvalue weighted by atomic mass is 16.7. The molecule has 3 unspecified atom stereocenters. The highest BCUT2D eigenvalue weighted by Gasteiger charge is 2.19. The van der Waals surface area contributed by atoms with Crippen LogP contribution in [0.3, 0.4) is 0 Å². The number of hydrogen-bond acceptors (Lipinski definition) is 3. The molecule has 14 heavy (non-hydrogen) atoms. The summed E-state index contributed by atoms with van der Waals surface area (Å²) in [5.74, 6) is 0.673. The molecule has 0 bridgehead atoms. The highest BCUT2D eigenvalue weighted by molar-refractivity contribution is 4.73. The summed E-state index contributed by atoms with van der Waals surface area (Å²) in [7, 11) is 3.33. The summed E-state index contributed by atoms with van der Waals surface area (Å²) in [6, 6.07) is 0.705. The number of methoxy groups -OCH3 is 2. The van der Waals surface area contributed by atoms with E-state index in [-0.39, 0.29) is 12.3 Å². The summed E-state index contributed by atoms with van der Waals surface area (Å²) in [6.07, 6.45) is 1.02. The Morgan fingerprint density at radius 2 is 1.50 bits per heavy atom. The lowest BCUT2D eigenvalue weighted by atomic mass is 10.0. The molecule has 1 N–H and O–H groups in total. The van der Waals surface area contributed by atoms with E-state index >= 15 is 0 Å². The maximum Gasteiger partial charge on any atom is 0.171 e. The molecule has 0 saturated heterocycles. The summed E-state index contributed by atoms with van der Waals surface area (Å²) in [6.45, 7) is 8.74. The van der Waals surface area contributed by atoms with Crippen molar-refractivity contribution in [3.63, 3.8) is 0 Å². The van der Waals surface area contributed by atoms with Crippen molar-refractivity contribution in [3.05, 3.63) is 0 Å². The molecule has 86 valence electrons.